The standard InChI is InChI=1S/C16H21N3O5S/c1-2-17-14-6-5-12(19(21)22)9-15(14)25(23,24)18-16(20)13-8-10-3-4-11(13)7-10/h5-6,9-11,13,17H,2-4,7-8H2,1H3,(H,18,20). The second-order valence-corrected chi connectivity index (χ2v) is 8.37. The number of amides is 1. The van der Waals surface area contributed by atoms with Gasteiger partial charge in [-0.3, -0.25) is 14.9 Å². The van der Waals surface area contributed by atoms with Crippen molar-refractivity contribution in [3.8, 4) is 0 Å². The van der Waals surface area contributed by atoms with Crippen molar-refractivity contribution in [2.24, 2.45) is 17.8 Å². The first-order valence-corrected chi connectivity index (χ1v) is 9.89. The van der Waals surface area contributed by atoms with E-state index in [1.165, 1.54) is 12.1 Å². The number of rotatable bonds is 6. The molecule has 2 aliphatic rings. The number of non-ortho nitro benzene ring substituents is 1. The van der Waals surface area contributed by atoms with Crippen LogP contribution >= 0.6 is 0 Å². The third-order valence-corrected chi connectivity index (χ3v) is 6.53. The van der Waals surface area contributed by atoms with Crippen LogP contribution in [0.3, 0.4) is 0 Å². The van der Waals surface area contributed by atoms with Gasteiger partial charge in [-0.15, -0.1) is 0 Å². The number of hydrogen-bond acceptors (Lipinski definition) is 6. The Kier molecular flexibility index (Phi) is 4.68. The molecule has 136 valence electrons. The van der Waals surface area contributed by atoms with Crippen LogP contribution in [0.2, 0.25) is 0 Å². The fourth-order valence-corrected chi connectivity index (χ4v) is 5.24. The Morgan fingerprint density at radius 2 is 2.08 bits per heavy atom. The van der Waals surface area contributed by atoms with Crippen LogP contribution in [0, 0.1) is 27.9 Å². The topological polar surface area (TPSA) is 118 Å². The van der Waals surface area contributed by atoms with Crippen LogP contribution in [0.25, 0.3) is 0 Å². The number of hydrogen-bond donors (Lipinski definition) is 2. The fraction of sp³-hybridized carbons (Fsp3) is 0.562. The van der Waals surface area contributed by atoms with Gasteiger partial charge >= 0.3 is 0 Å². The molecule has 2 fully saturated rings. The molecular weight excluding hydrogens is 346 g/mol. The molecule has 3 rings (SSSR count). The van der Waals surface area contributed by atoms with Crippen molar-refractivity contribution < 1.29 is 18.1 Å². The van der Waals surface area contributed by atoms with Crippen molar-refractivity contribution in [1.29, 1.82) is 0 Å². The van der Waals surface area contributed by atoms with Crippen LogP contribution in [0.1, 0.15) is 32.6 Å². The van der Waals surface area contributed by atoms with E-state index in [9.17, 15) is 23.3 Å². The van der Waals surface area contributed by atoms with Crippen LogP contribution in [0.5, 0.6) is 0 Å². The third-order valence-electron chi connectivity index (χ3n) is 5.14. The second kappa shape index (κ2) is 6.62. The SMILES string of the molecule is CCNc1ccc([N+](=O)[O-])cc1S(=O)(=O)NC(=O)C1CC2CCC1C2. The molecule has 1 amide bonds. The van der Waals surface area contributed by atoms with Gasteiger partial charge in [0.1, 0.15) is 4.90 Å². The molecule has 0 aliphatic heterocycles. The molecule has 2 N–H and O–H groups in total. The van der Waals surface area contributed by atoms with Gasteiger partial charge < -0.3 is 5.32 Å². The minimum Gasteiger partial charge on any atom is -0.384 e. The largest absolute Gasteiger partial charge is 0.384 e. The number of nitro benzene ring substituents is 1. The first kappa shape index (κ1) is 17.7. The number of carbonyl (C=O) groups excluding carboxylic acids is 1. The molecule has 3 unspecified atom stereocenters. The normalized spacial score (nSPS) is 24.9. The van der Waals surface area contributed by atoms with Gasteiger partial charge in [-0.2, -0.15) is 0 Å². The van der Waals surface area contributed by atoms with E-state index < -0.39 is 20.9 Å². The molecular formula is C16H21N3O5S. The number of fused-ring (bicyclic) bond motifs is 2. The molecule has 3 atom stereocenters. The van der Waals surface area contributed by atoms with Crippen molar-refractivity contribution in [3.63, 3.8) is 0 Å². The van der Waals surface area contributed by atoms with Crippen LogP contribution in [-0.4, -0.2) is 25.8 Å². The van der Waals surface area contributed by atoms with E-state index >= 15 is 0 Å². The Bertz CT molecular complexity index is 808. The maximum atomic E-state index is 12.7. The van der Waals surface area contributed by atoms with Gasteiger partial charge in [0, 0.05) is 24.6 Å². The van der Waals surface area contributed by atoms with E-state index in [0.29, 0.717) is 12.5 Å². The van der Waals surface area contributed by atoms with Crippen LogP contribution in [0.4, 0.5) is 11.4 Å². The molecule has 2 bridgehead atoms. The summed E-state index contributed by atoms with van der Waals surface area (Å²) in [6, 6.07) is 3.56. The molecule has 8 nitrogen and oxygen atoms in total. The number of nitrogens with one attached hydrogen (secondary N) is 2. The number of nitrogens with zero attached hydrogens (tertiary/aromatic N) is 1. The van der Waals surface area contributed by atoms with Crippen molar-refractivity contribution in [2.45, 2.75) is 37.5 Å². The van der Waals surface area contributed by atoms with E-state index in [2.05, 4.69) is 10.0 Å². The molecule has 0 spiro atoms. The van der Waals surface area contributed by atoms with E-state index in [1.807, 2.05) is 0 Å². The summed E-state index contributed by atoms with van der Waals surface area (Å²) in [5.41, 5.74) is -0.101. The molecule has 0 radical (unpaired) electrons. The third kappa shape index (κ3) is 3.46. The molecule has 0 aromatic heterocycles. The number of nitro groups is 1. The molecule has 25 heavy (non-hydrogen) atoms. The average molecular weight is 367 g/mol. The Hall–Kier alpha value is -2.16. The maximum absolute atomic E-state index is 12.7. The zero-order chi connectivity index (χ0) is 18.2. The summed E-state index contributed by atoms with van der Waals surface area (Å²) in [5, 5.41) is 13.8. The lowest BCUT2D eigenvalue weighted by atomic mass is 9.88. The Labute approximate surface area is 146 Å². The monoisotopic (exact) mass is 367 g/mol. The highest BCUT2D eigenvalue weighted by Crippen LogP contribution is 2.48. The van der Waals surface area contributed by atoms with Crippen LogP contribution in [-0.2, 0) is 14.8 Å². The maximum Gasteiger partial charge on any atom is 0.270 e. The first-order chi connectivity index (χ1) is 11.8. The molecule has 1 aromatic carbocycles. The van der Waals surface area contributed by atoms with Crippen molar-refractivity contribution in [1.82, 2.24) is 4.72 Å². The zero-order valence-corrected chi connectivity index (χ0v) is 14.7. The lowest BCUT2D eigenvalue weighted by molar-refractivity contribution is -0.385. The number of benzene rings is 1. The molecule has 1 aromatic rings. The van der Waals surface area contributed by atoms with Gasteiger partial charge in [0.05, 0.1) is 10.6 Å². The second-order valence-electron chi connectivity index (χ2n) is 6.72. The van der Waals surface area contributed by atoms with Gasteiger partial charge in [-0.1, -0.05) is 6.42 Å². The summed E-state index contributed by atoms with van der Waals surface area (Å²) in [5.74, 6) is -0.0203. The van der Waals surface area contributed by atoms with Crippen LogP contribution < -0.4 is 10.0 Å². The van der Waals surface area contributed by atoms with Gasteiger partial charge in [-0.25, -0.2) is 13.1 Å². The molecule has 2 saturated carbocycles. The minimum absolute atomic E-state index is 0.237. The lowest BCUT2D eigenvalue weighted by Crippen LogP contribution is -2.38. The van der Waals surface area contributed by atoms with Gasteiger partial charge in [0.2, 0.25) is 5.91 Å². The number of anilines is 1. The Balaban J connectivity index is 1.86. The van der Waals surface area contributed by atoms with E-state index in [-0.39, 0.29) is 28.1 Å². The average Bonchev–Trinajstić information content (AvgIpc) is 3.18. The summed E-state index contributed by atoms with van der Waals surface area (Å²) in [6.07, 6.45) is 3.78. The van der Waals surface area contributed by atoms with E-state index in [0.717, 1.165) is 31.7 Å². The molecule has 0 saturated heterocycles. The minimum atomic E-state index is -4.19. The molecule has 2 aliphatic carbocycles. The Morgan fingerprint density at radius 1 is 1.32 bits per heavy atom. The quantitative estimate of drug-likeness (QED) is 0.588. The Morgan fingerprint density at radius 3 is 2.64 bits per heavy atom. The van der Waals surface area contributed by atoms with Gasteiger partial charge in [-0.05, 0) is 44.1 Å². The van der Waals surface area contributed by atoms with Gasteiger partial charge in [0.15, 0.2) is 0 Å². The summed E-state index contributed by atoms with van der Waals surface area (Å²) in [4.78, 5) is 22.5. The van der Waals surface area contributed by atoms with Crippen LogP contribution in [0.15, 0.2) is 23.1 Å². The highest BCUT2D eigenvalue weighted by Gasteiger charge is 2.44. The molecule has 0 heterocycles. The number of carbonyl (C=O) groups is 1. The van der Waals surface area contributed by atoms with E-state index in [1.54, 1.807) is 6.92 Å². The van der Waals surface area contributed by atoms with Crippen molar-refractivity contribution in [3.05, 3.63) is 28.3 Å². The number of sulfonamides is 1. The fourth-order valence-electron chi connectivity index (χ4n) is 4.01. The lowest BCUT2D eigenvalue weighted by Gasteiger charge is -2.21. The first-order valence-electron chi connectivity index (χ1n) is 8.40. The van der Waals surface area contributed by atoms with Crippen molar-refractivity contribution >= 4 is 27.3 Å². The van der Waals surface area contributed by atoms with Gasteiger partial charge in [0.25, 0.3) is 15.7 Å². The zero-order valence-electron chi connectivity index (χ0n) is 13.9. The van der Waals surface area contributed by atoms with Crippen molar-refractivity contribution in [2.75, 3.05) is 11.9 Å². The predicted octanol–water partition coefficient (Wildman–Crippen LogP) is 2.27. The predicted molar refractivity (Wildman–Crippen MR) is 91.5 cm³/mol. The highest BCUT2D eigenvalue weighted by molar-refractivity contribution is 7.90. The van der Waals surface area contributed by atoms with E-state index in [4.69, 9.17) is 0 Å². The summed E-state index contributed by atoms with van der Waals surface area (Å²) in [7, 11) is -4.19. The molecule has 9 heteroatoms. The summed E-state index contributed by atoms with van der Waals surface area (Å²) in [6.45, 7) is 2.23. The summed E-state index contributed by atoms with van der Waals surface area (Å²) < 4.78 is 27.5. The summed E-state index contributed by atoms with van der Waals surface area (Å²) >= 11 is 0. The highest BCUT2D eigenvalue weighted by atomic mass is 32.2. The smallest absolute Gasteiger partial charge is 0.270 e.